The van der Waals surface area contributed by atoms with Gasteiger partial charge in [-0.05, 0) is 71.0 Å². The van der Waals surface area contributed by atoms with Gasteiger partial charge in [-0.2, -0.15) is 9.36 Å². The van der Waals surface area contributed by atoms with E-state index in [9.17, 15) is 19.2 Å². The van der Waals surface area contributed by atoms with E-state index in [-0.39, 0.29) is 21.5 Å². The fraction of sp³-hybridized carbons (Fsp3) is 0.0500. The Labute approximate surface area is 326 Å². The van der Waals surface area contributed by atoms with Gasteiger partial charge in [0, 0.05) is 0 Å². The van der Waals surface area contributed by atoms with E-state index in [0.717, 1.165) is 0 Å². The molecule has 0 saturated carbocycles. The molecule has 0 unspecified atom stereocenters. The average Bonchev–Trinajstić information content (AvgIpc) is 3.95. The van der Waals surface area contributed by atoms with Crippen LogP contribution in [-0.4, -0.2) is 52.4 Å². The van der Waals surface area contributed by atoms with Crippen LogP contribution in [0.25, 0.3) is 11.4 Å². The van der Waals surface area contributed by atoms with Crippen molar-refractivity contribution < 1.29 is 9.59 Å². The lowest BCUT2D eigenvalue weighted by molar-refractivity contribution is -0.123. The first kappa shape index (κ1) is 34.5. The van der Waals surface area contributed by atoms with Crippen molar-refractivity contribution in [3.63, 3.8) is 0 Å². The number of aromatic amines is 2. The zero-order valence-electron chi connectivity index (χ0n) is 29.0. The van der Waals surface area contributed by atoms with Crippen molar-refractivity contribution in [2.45, 2.75) is 11.1 Å². The average molecular weight is 777 g/mol. The first-order chi connectivity index (χ1) is 27.2. The Morgan fingerprint density at radius 2 is 0.714 bits per heavy atom. The predicted molar refractivity (Wildman–Crippen MR) is 213 cm³/mol. The van der Waals surface area contributed by atoms with E-state index >= 15 is 0 Å². The minimum absolute atomic E-state index is 0.00892. The molecule has 56 heavy (non-hydrogen) atoms. The highest BCUT2D eigenvalue weighted by Crippen LogP contribution is 2.38. The van der Waals surface area contributed by atoms with Gasteiger partial charge in [-0.25, -0.2) is 38.9 Å². The number of nitrogens with zero attached hydrogens (tertiary/aromatic N) is 6. The highest BCUT2D eigenvalue weighted by Gasteiger charge is 2.49. The maximum Gasteiger partial charge on any atom is 0.347 e. The molecule has 9 rings (SSSR count). The van der Waals surface area contributed by atoms with Gasteiger partial charge in [0.05, 0.1) is 11.4 Å². The molecule has 14 nitrogen and oxygen atoms in total. The van der Waals surface area contributed by atoms with Crippen molar-refractivity contribution in [1.82, 2.24) is 39.3 Å². The minimum atomic E-state index is -1.42. The number of hydrogen-bond acceptors (Lipinski definition) is 8. The molecule has 0 atom stereocenters. The van der Waals surface area contributed by atoms with E-state index in [4.69, 9.17) is 34.4 Å². The molecule has 16 heteroatoms. The number of aliphatic imine (C=N–C) groups is 2. The summed E-state index contributed by atoms with van der Waals surface area (Å²) in [5.74, 6) is -0.727. The quantitative estimate of drug-likeness (QED) is 0.184. The van der Waals surface area contributed by atoms with Crippen LogP contribution < -0.4 is 22.0 Å². The largest absolute Gasteiger partial charge is 0.347 e. The molecule has 4 heterocycles. The number of H-pyrrole nitrogens is 2. The standard InChI is InChI=1S/C40H28N10O4S2/c51-31-39(25-13-5-1-6-14-25,26-15-7-2-8-16-26)43-33(41-31)49-37(55)47(35(53)45-49)29-21-23-30(24-22-29)48-36(54)46-50(38(48)56)34-42-32(52)40(44-34,27-17-9-3-10-18-27)28-19-11-4-12-20-28/h1-24H,(H,45,53)(H,46,54)(H,41,43,51)(H,42,44,52). The number of hydrogen-bond donors (Lipinski definition) is 4. The first-order valence-electron chi connectivity index (χ1n) is 17.3. The summed E-state index contributed by atoms with van der Waals surface area (Å²) in [6.45, 7) is 0. The van der Waals surface area contributed by atoms with Crippen LogP contribution in [0.5, 0.6) is 0 Å². The SMILES string of the molecule is O=C1NC(n2[nH]c(=O)n(-c3ccc(-n4c(=O)[nH]n(C5=NC(c6ccccc6)(c6ccccc6)C(=O)N5)c4=S)cc3)c2=S)=NC1(c1ccccc1)c1ccccc1. The maximum atomic E-state index is 13.8. The summed E-state index contributed by atoms with van der Waals surface area (Å²) in [5.41, 5.74) is -0.741. The summed E-state index contributed by atoms with van der Waals surface area (Å²) in [7, 11) is 0. The topological polar surface area (TPSA) is 168 Å². The van der Waals surface area contributed by atoms with E-state index in [1.54, 1.807) is 24.3 Å². The van der Waals surface area contributed by atoms with Crippen molar-refractivity contribution in [2.24, 2.45) is 9.98 Å². The van der Waals surface area contributed by atoms with Gasteiger partial charge in [0.2, 0.25) is 21.5 Å². The van der Waals surface area contributed by atoms with Crippen molar-refractivity contribution >= 4 is 48.2 Å². The van der Waals surface area contributed by atoms with Gasteiger partial charge in [-0.1, -0.05) is 121 Å². The summed E-state index contributed by atoms with van der Waals surface area (Å²) in [5, 5.41) is 11.0. The summed E-state index contributed by atoms with van der Waals surface area (Å²) in [4.78, 5) is 64.2. The Balaban J connectivity index is 1.07. The van der Waals surface area contributed by atoms with Crippen LogP contribution in [0.3, 0.4) is 0 Å². The Kier molecular flexibility index (Phi) is 8.14. The second-order valence-corrected chi connectivity index (χ2v) is 13.7. The zero-order chi connectivity index (χ0) is 38.6. The molecule has 5 aromatic carbocycles. The highest BCUT2D eigenvalue weighted by molar-refractivity contribution is 7.71. The van der Waals surface area contributed by atoms with Crippen molar-refractivity contribution in [2.75, 3.05) is 0 Å². The molecule has 0 aliphatic carbocycles. The van der Waals surface area contributed by atoms with Crippen LogP contribution >= 0.6 is 24.4 Å². The predicted octanol–water partition coefficient (Wildman–Crippen LogP) is 4.26. The summed E-state index contributed by atoms with van der Waals surface area (Å²) in [6, 6.07) is 43.0. The molecule has 2 aliphatic heterocycles. The third kappa shape index (κ3) is 5.22. The van der Waals surface area contributed by atoms with E-state index in [0.29, 0.717) is 33.6 Å². The van der Waals surface area contributed by atoms with Gasteiger partial charge in [-0.3, -0.25) is 20.2 Å². The van der Waals surface area contributed by atoms with Crippen LogP contribution in [-0.2, 0) is 20.7 Å². The summed E-state index contributed by atoms with van der Waals surface area (Å²) >= 11 is 11.5. The van der Waals surface area contributed by atoms with Gasteiger partial charge in [0.1, 0.15) is 0 Å². The normalized spacial score (nSPS) is 15.6. The molecule has 0 bridgehead atoms. The molecule has 0 fully saturated rings. The lowest BCUT2D eigenvalue weighted by Crippen LogP contribution is -2.39. The first-order valence-corrected chi connectivity index (χ1v) is 18.1. The van der Waals surface area contributed by atoms with Gasteiger partial charge in [0.25, 0.3) is 11.8 Å². The molecular formula is C40H28N10O4S2. The van der Waals surface area contributed by atoms with Crippen LogP contribution in [0.2, 0.25) is 0 Å². The number of benzene rings is 5. The third-order valence-electron chi connectivity index (χ3n) is 9.80. The van der Waals surface area contributed by atoms with Crippen LogP contribution in [0.4, 0.5) is 0 Å². The van der Waals surface area contributed by atoms with Crippen LogP contribution in [0, 0.1) is 9.54 Å². The second-order valence-electron chi connectivity index (χ2n) is 12.9. The lowest BCUT2D eigenvalue weighted by atomic mass is 9.83. The van der Waals surface area contributed by atoms with E-state index in [1.807, 2.05) is 121 Å². The second kappa shape index (κ2) is 13.2. The van der Waals surface area contributed by atoms with Crippen molar-refractivity contribution in [1.29, 1.82) is 0 Å². The lowest BCUT2D eigenvalue weighted by Gasteiger charge is -2.24. The van der Waals surface area contributed by atoms with Crippen molar-refractivity contribution in [3.05, 3.63) is 198 Å². The molecule has 0 radical (unpaired) electrons. The third-order valence-corrected chi connectivity index (χ3v) is 10.5. The van der Waals surface area contributed by atoms with Gasteiger partial charge in [0.15, 0.2) is 11.1 Å². The van der Waals surface area contributed by atoms with Crippen LogP contribution in [0.1, 0.15) is 22.3 Å². The Bertz CT molecular complexity index is 2700. The number of rotatable bonds is 6. The molecule has 4 N–H and O–H groups in total. The Morgan fingerprint density at radius 3 is 1.00 bits per heavy atom. The Morgan fingerprint density at radius 1 is 0.429 bits per heavy atom. The van der Waals surface area contributed by atoms with E-state index in [2.05, 4.69) is 20.8 Å². The Hall–Kier alpha value is -7.30. The number of nitrogens with one attached hydrogen (secondary N) is 4. The molecule has 2 amide bonds. The number of aromatic nitrogens is 6. The number of amides is 2. The van der Waals surface area contributed by atoms with E-state index < -0.39 is 34.3 Å². The summed E-state index contributed by atoms with van der Waals surface area (Å²) < 4.78 is 5.00. The maximum absolute atomic E-state index is 13.8. The van der Waals surface area contributed by atoms with Gasteiger partial charge in [-0.15, -0.1) is 0 Å². The smallest absolute Gasteiger partial charge is 0.292 e. The minimum Gasteiger partial charge on any atom is -0.292 e. The molecule has 0 spiro atoms. The highest BCUT2D eigenvalue weighted by atomic mass is 32.1. The fourth-order valence-corrected chi connectivity index (χ4v) is 7.80. The van der Waals surface area contributed by atoms with E-state index in [1.165, 1.54) is 18.5 Å². The molecule has 274 valence electrons. The number of carbonyl (C=O) groups is 2. The molecule has 2 aromatic heterocycles. The van der Waals surface area contributed by atoms with Gasteiger partial charge < -0.3 is 0 Å². The van der Waals surface area contributed by atoms with Gasteiger partial charge >= 0.3 is 11.4 Å². The van der Waals surface area contributed by atoms with Crippen molar-refractivity contribution in [3.8, 4) is 11.4 Å². The molecule has 2 aliphatic rings. The molecular weight excluding hydrogens is 749 g/mol. The number of carbonyl (C=O) groups excluding carboxylic acids is 2. The fourth-order valence-electron chi connectivity index (χ4n) is 7.16. The van der Waals surface area contributed by atoms with Crippen LogP contribution in [0.15, 0.2) is 165 Å². The molecule has 7 aromatic rings. The molecule has 0 saturated heterocycles. The summed E-state index contributed by atoms with van der Waals surface area (Å²) in [6.07, 6.45) is 0. The zero-order valence-corrected chi connectivity index (χ0v) is 30.6. The monoisotopic (exact) mass is 776 g/mol.